The van der Waals surface area contributed by atoms with Gasteiger partial charge in [-0.1, -0.05) is 0 Å². The smallest absolute Gasteiger partial charge is 0.185 e. The minimum atomic E-state index is 0.552. The highest BCUT2D eigenvalue weighted by Gasteiger charge is 2.17. The SMILES string of the molecule is O=Cc1nc(Br)c2n1CCCC2. The summed E-state index contributed by atoms with van der Waals surface area (Å²) in [6.45, 7) is 0.933. The monoisotopic (exact) mass is 228 g/mol. The highest BCUT2D eigenvalue weighted by Crippen LogP contribution is 2.23. The number of hydrogen-bond donors (Lipinski definition) is 0. The predicted molar refractivity (Wildman–Crippen MR) is 48.3 cm³/mol. The highest BCUT2D eigenvalue weighted by atomic mass is 79.9. The normalized spacial score (nSPS) is 15.8. The van der Waals surface area contributed by atoms with Crippen molar-refractivity contribution in [3.8, 4) is 0 Å². The lowest BCUT2D eigenvalue weighted by Crippen LogP contribution is -2.12. The number of imidazole rings is 1. The van der Waals surface area contributed by atoms with Gasteiger partial charge in [0.2, 0.25) is 0 Å². The Morgan fingerprint density at radius 2 is 2.33 bits per heavy atom. The molecule has 1 aromatic rings. The number of rotatable bonds is 1. The number of carbonyl (C=O) groups excluding carboxylic acids is 1. The lowest BCUT2D eigenvalue weighted by Gasteiger charge is -2.14. The molecule has 4 heteroatoms. The van der Waals surface area contributed by atoms with Gasteiger partial charge in [-0.25, -0.2) is 4.98 Å². The van der Waals surface area contributed by atoms with Crippen LogP contribution in [0, 0.1) is 0 Å². The van der Waals surface area contributed by atoms with E-state index >= 15 is 0 Å². The van der Waals surface area contributed by atoms with E-state index in [0.717, 1.165) is 30.3 Å². The third-order valence-electron chi connectivity index (χ3n) is 2.20. The molecular formula is C8H9BrN2O. The van der Waals surface area contributed by atoms with Crippen LogP contribution in [-0.4, -0.2) is 15.8 Å². The topological polar surface area (TPSA) is 34.9 Å². The standard InChI is InChI=1S/C8H9BrN2O/c9-8-6-3-1-2-4-11(6)7(5-12)10-8/h5H,1-4H2. The summed E-state index contributed by atoms with van der Waals surface area (Å²) in [5.41, 5.74) is 1.17. The van der Waals surface area contributed by atoms with Crippen LogP contribution in [0.1, 0.15) is 29.2 Å². The van der Waals surface area contributed by atoms with Gasteiger partial charge >= 0.3 is 0 Å². The average molecular weight is 229 g/mol. The molecule has 3 nitrogen and oxygen atoms in total. The van der Waals surface area contributed by atoms with Gasteiger partial charge in [-0.2, -0.15) is 0 Å². The van der Waals surface area contributed by atoms with Crippen LogP contribution in [0.15, 0.2) is 4.60 Å². The molecule has 0 aliphatic carbocycles. The molecule has 0 radical (unpaired) electrons. The Labute approximate surface area is 78.9 Å². The van der Waals surface area contributed by atoms with Gasteiger partial charge in [-0.05, 0) is 35.2 Å². The van der Waals surface area contributed by atoms with Crippen LogP contribution in [0.2, 0.25) is 0 Å². The van der Waals surface area contributed by atoms with Crippen molar-refractivity contribution in [2.75, 3.05) is 0 Å². The molecule has 1 aliphatic heterocycles. The second-order valence-electron chi connectivity index (χ2n) is 2.93. The van der Waals surface area contributed by atoms with Crippen molar-refractivity contribution < 1.29 is 4.79 Å². The van der Waals surface area contributed by atoms with Crippen molar-refractivity contribution >= 4 is 22.2 Å². The molecule has 0 saturated carbocycles. The Hall–Kier alpha value is -0.640. The number of aromatic nitrogens is 2. The van der Waals surface area contributed by atoms with Gasteiger partial charge in [-0.3, -0.25) is 4.79 Å². The van der Waals surface area contributed by atoms with Gasteiger partial charge in [0.15, 0.2) is 12.1 Å². The summed E-state index contributed by atoms with van der Waals surface area (Å²) in [4.78, 5) is 14.7. The molecule has 0 aromatic carbocycles. The third-order valence-corrected chi connectivity index (χ3v) is 2.84. The van der Waals surface area contributed by atoms with Crippen LogP contribution in [-0.2, 0) is 13.0 Å². The van der Waals surface area contributed by atoms with Crippen LogP contribution in [0.3, 0.4) is 0 Å². The Balaban J connectivity index is 2.53. The van der Waals surface area contributed by atoms with Gasteiger partial charge in [0.05, 0.1) is 5.69 Å². The maximum Gasteiger partial charge on any atom is 0.185 e. The molecule has 1 aliphatic rings. The Bertz CT molecular complexity index is 319. The molecule has 1 aromatic heterocycles. The molecule has 0 amide bonds. The fourth-order valence-electron chi connectivity index (χ4n) is 1.62. The number of nitrogens with zero attached hydrogens (tertiary/aromatic N) is 2. The zero-order valence-corrected chi connectivity index (χ0v) is 8.17. The summed E-state index contributed by atoms with van der Waals surface area (Å²) in [6.07, 6.45) is 4.19. The van der Waals surface area contributed by atoms with E-state index in [9.17, 15) is 4.79 Å². The molecule has 2 heterocycles. The predicted octanol–water partition coefficient (Wildman–Crippen LogP) is 1.79. The van der Waals surface area contributed by atoms with E-state index in [2.05, 4.69) is 20.9 Å². The molecule has 0 N–H and O–H groups in total. The van der Waals surface area contributed by atoms with Crippen LogP contribution in [0.4, 0.5) is 0 Å². The Kier molecular flexibility index (Phi) is 2.00. The first-order valence-electron chi connectivity index (χ1n) is 4.03. The van der Waals surface area contributed by atoms with E-state index in [1.165, 1.54) is 12.1 Å². The second kappa shape index (κ2) is 3.01. The van der Waals surface area contributed by atoms with Crippen LogP contribution >= 0.6 is 15.9 Å². The largest absolute Gasteiger partial charge is 0.325 e. The molecule has 64 valence electrons. The van der Waals surface area contributed by atoms with Crippen LogP contribution < -0.4 is 0 Å². The van der Waals surface area contributed by atoms with Crippen molar-refractivity contribution in [1.29, 1.82) is 0 Å². The first-order valence-corrected chi connectivity index (χ1v) is 4.82. The lowest BCUT2D eigenvalue weighted by molar-refractivity contribution is 0.111. The summed E-state index contributed by atoms with van der Waals surface area (Å²) in [5.74, 6) is 0.552. The van der Waals surface area contributed by atoms with Crippen LogP contribution in [0.25, 0.3) is 0 Å². The molecule has 12 heavy (non-hydrogen) atoms. The minimum absolute atomic E-state index is 0.552. The molecule has 0 atom stereocenters. The maximum absolute atomic E-state index is 10.6. The summed E-state index contributed by atoms with van der Waals surface area (Å²) < 4.78 is 2.84. The molecule has 0 saturated heterocycles. The number of aldehydes is 1. The number of hydrogen-bond acceptors (Lipinski definition) is 2. The van der Waals surface area contributed by atoms with E-state index in [4.69, 9.17) is 0 Å². The first-order chi connectivity index (χ1) is 5.83. The van der Waals surface area contributed by atoms with Gasteiger partial charge in [0.25, 0.3) is 0 Å². The third kappa shape index (κ3) is 1.10. The maximum atomic E-state index is 10.6. The van der Waals surface area contributed by atoms with Crippen molar-refractivity contribution in [3.05, 3.63) is 16.1 Å². The van der Waals surface area contributed by atoms with E-state index in [0.29, 0.717) is 5.82 Å². The van der Waals surface area contributed by atoms with Gasteiger partial charge in [-0.15, -0.1) is 0 Å². The van der Waals surface area contributed by atoms with E-state index in [1.807, 2.05) is 4.57 Å². The van der Waals surface area contributed by atoms with Crippen molar-refractivity contribution in [3.63, 3.8) is 0 Å². The zero-order valence-electron chi connectivity index (χ0n) is 6.59. The Morgan fingerprint density at radius 3 is 3.08 bits per heavy atom. The lowest BCUT2D eigenvalue weighted by atomic mass is 10.1. The number of fused-ring (bicyclic) bond motifs is 1. The van der Waals surface area contributed by atoms with Crippen LogP contribution in [0.5, 0.6) is 0 Å². The highest BCUT2D eigenvalue weighted by molar-refractivity contribution is 9.10. The first kappa shape index (κ1) is 7.98. The van der Waals surface area contributed by atoms with E-state index in [1.54, 1.807) is 0 Å². The second-order valence-corrected chi connectivity index (χ2v) is 3.69. The summed E-state index contributed by atoms with van der Waals surface area (Å²) in [7, 11) is 0. The van der Waals surface area contributed by atoms with Gasteiger partial charge < -0.3 is 4.57 Å². The van der Waals surface area contributed by atoms with Crippen molar-refractivity contribution in [2.45, 2.75) is 25.8 Å². The van der Waals surface area contributed by atoms with E-state index < -0.39 is 0 Å². The summed E-state index contributed by atoms with van der Waals surface area (Å²) >= 11 is 3.35. The molecule has 0 unspecified atom stereocenters. The fraction of sp³-hybridized carbons (Fsp3) is 0.500. The van der Waals surface area contributed by atoms with Gasteiger partial charge in [0, 0.05) is 6.54 Å². The molecule has 0 spiro atoms. The minimum Gasteiger partial charge on any atom is -0.325 e. The quantitative estimate of drug-likeness (QED) is 0.688. The average Bonchev–Trinajstić information content (AvgIpc) is 2.44. The summed E-state index contributed by atoms with van der Waals surface area (Å²) in [6, 6.07) is 0. The van der Waals surface area contributed by atoms with E-state index in [-0.39, 0.29) is 0 Å². The number of carbonyl (C=O) groups is 1. The number of halogens is 1. The fourth-order valence-corrected chi connectivity index (χ4v) is 2.21. The van der Waals surface area contributed by atoms with Crippen molar-refractivity contribution in [1.82, 2.24) is 9.55 Å². The van der Waals surface area contributed by atoms with Gasteiger partial charge in [0.1, 0.15) is 4.60 Å². The molecule has 0 bridgehead atoms. The van der Waals surface area contributed by atoms with Crippen molar-refractivity contribution in [2.24, 2.45) is 0 Å². The zero-order chi connectivity index (χ0) is 8.55. The molecule has 0 fully saturated rings. The Morgan fingerprint density at radius 1 is 1.50 bits per heavy atom. The molecular weight excluding hydrogens is 220 g/mol. The summed E-state index contributed by atoms with van der Waals surface area (Å²) in [5, 5.41) is 0. The molecule has 2 rings (SSSR count).